The van der Waals surface area contributed by atoms with Crippen molar-refractivity contribution in [1.82, 2.24) is 0 Å². The molecule has 2 unspecified atom stereocenters. The van der Waals surface area contributed by atoms with Crippen molar-refractivity contribution >= 4 is 11.8 Å². The first-order valence-electron chi connectivity index (χ1n) is 7.04. The lowest BCUT2D eigenvalue weighted by Gasteiger charge is -2.37. The van der Waals surface area contributed by atoms with Crippen LogP contribution < -0.4 is 0 Å². The molecule has 1 saturated carbocycles. The molecule has 20 heavy (non-hydrogen) atoms. The van der Waals surface area contributed by atoms with Crippen molar-refractivity contribution in [2.75, 3.05) is 0 Å². The zero-order chi connectivity index (χ0) is 15.1. The third kappa shape index (κ3) is 2.05. The fraction of sp³-hybridized carbons (Fsp3) is 0.529. The van der Waals surface area contributed by atoms with Gasteiger partial charge in [0.05, 0.1) is 5.41 Å². The average Bonchev–Trinajstić information content (AvgIpc) is 2.62. The predicted molar refractivity (Wildman–Crippen MR) is 77.8 cm³/mol. The molecule has 2 atom stereocenters. The van der Waals surface area contributed by atoms with Gasteiger partial charge in [0, 0.05) is 11.5 Å². The highest BCUT2D eigenvalue weighted by Gasteiger charge is 2.58. The summed E-state index contributed by atoms with van der Waals surface area (Å²) in [6.07, 6.45) is 1.19. The van der Waals surface area contributed by atoms with E-state index in [2.05, 4.69) is 0 Å². The van der Waals surface area contributed by atoms with E-state index < -0.39 is 16.8 Å². The van der Waals surface area contributed by atoms with Crippen molar-refractivity contribution in [3.05, 3.63) is 35.4 Å². The first-order chi connectivity index (χ1) is 9.20. The third-order valence-corrected chi connectivity index (χ3v) is 5.35. The monoisotopic (exact) mass is 274 g/mol. The van der Waals surface area contributed by atoms with Gasteiger partial charge in [-0.3, -0.25) is 9.59 Å². The van der Waals surface area contributed by atoms with Crippen LogP contribution in [0.3, 0.4) is 0 Å². The normalized spacial score (nSPS) is 28.3. The van der Waals surface area contributed by atoms with E-state index in [-0.39, 0.29) is 11.7 Å². The largest absolute Gasteiger partial charge is 0.481 e. The van der Waals surface area contributed by atoms with E-state index >= 15 is 0 Å². The first-order valence-corrected chi connectivity index (χ1v) is 7.04. The van der Waals surface area contributed by atoms with Crippen molar-refractivity contribution in [3.8, 4) is 0 Å². The highest BCUT2D eigenvalue weighted by atomic mass is 16.4. The van der Waals surface area contributed by atoms with Gasteiger partial charge < -0.3 is 5.11 Å². The summed E-state index contributed by atoms with van der Waals surface area (Å²) in [5.41, 5.74) is 0.421. The van der Waals surface area contributed by atoms with Crippen molar-refractivity contribution in [3.63, 3.8) is 0 Å². The number of carboxylic acid groups (broad SMARTS) is 1. The number of carboxylic acids is 1. The second-order valence-electron chi connectivity index (χ2n) is 6.68. The molecule has 1 aliphatic rings. The van der Waals surface area contributed by atoms with Crippen LogP contribution in [0.2, 0.25) is 0 Å². The van der Waals surface area contributed by atoms with Gasteiger partial charge in [0.15, 0.2) is 5.78 Å². The van der Waals surface area contributed by atoms with Crippen LogP contribution in [0.5, 0.6) is 0 Å². The maximum Gasteiger partial charge on any atom is 0.309 e. The number of rotatable bonds is 3. The molecular weight excluding hydrogens is 252 g/mol. The second kappa shape index (κ2) is 4.72. The fourth-order valence-electron chi connectivity index (χ4n) is 3.26. The minimum Gasteiger partial charge on any atom is -0.481 e. The zero-order valence-electron chi connectivity index (χ0n) is 12.6. The third-order valence-electron chi connectivity index (χ3n) is 5.35. The lowest BCUT2D eigenvalue weighted by atomic mass is 9.64. The van der Waals surface area contributed by atoms with Crippen molar-refractivity contribution < 1.29 is 14.7 Å². The fourth-order valence-corrected chi connectivity index (χ4v) is 3.26. The number of aryl methyl sites for hydroxylation is 1. The van der Waals surface area contributed by atoms with E-state index in [0.29, 0.717) is 18.4 Å². The average molecular weight is 274 g/mol. The summed E-state index contributed by atoms with van der Waals surface area (Å²) in [7, 11) is 0. The molecule has 1 fully saturated rings. The molecule has 1 aliphatic carbocycles. The Morgan fingerprint density at radius 1 is 1.15 bits per heavy atom. The van der Waals surface area contributed by atoms with Crippen LogP contribution in [0.1, 0.15) is 49.5 Å². The SMILES string of the molecule is Cc1ccc(C(=O)C2CCC(C)(C(=O)O)C2(C)C)cc1. The molecule has 3 nitrogen and oxygen atoms in total. The molecule has 0 aromatic heterocycles. The van der Waals surface area contributed by atoms with E-state index in [9.17, 15) is 14.7 Å². The number of hydrogen-bond donors (Lipinski definition) is 1. The van der Waals surface area contributed by atoms with Crippen LogP contribution in [0.4, 0.5) is 0 Å². The number of ketones is 1. The Morgan fingerprint density at radius 3 is 2.15 bits per heavy atom. The van der Waals surface area contributed by atoms with Gasteiger partial charge in [0.2, 0.25) is 0 Å². The summed E-state index contributed by atoms with van der Waals surface area (Å²) in [5.74, 6) is -0.965. The van der Waals surface area contributed by atoms with E-state index in [0.717, 1.165) is 5.56 Å². The standard InChI is InChI=1S/C17H22O3/c1-11-5-7-12(8-6-11)14(18)13-9-10-17(4,15(19)20)16(13,2)3/h5-8,13H,9-10H2,1-4H3,(H,19,20). The second-order valence-corrected chi connectivity index (χ2v) is 6.68. The Balaban J connectivity index is 2.33. The van der Waals surface area contributed by atoms with Gasteiger partial charge in [-0.1, -0.05) is 43.7 Å². The Bertz CT molecular complexity index is 542. The summed E-state index contributed by atoms with van der Waals surface area (Å²) >= 11 is 0. The number of benzene rings is 1. The predicted octanol–water partition coefficient (Wildman–Crippen LogP) is 3.70. The minimum absolute atomic E-state index is 0.0694. The first kappa shape index (κ1) is 14.8. The van der Waals surface area contributed by atoms with Crippen LogP contribution in [0.15, 0.2) is 24.3 Å². The molecular formula is C17H22O3. The number of aliphatic carboxylic acids is 1. The molecule has 0 radical (unpaired) electrons. The molecule has 0 saturated heterocycles. The van der Waals surface area contributed by atoms with Crippen LogP contribution in [-0.2, 0) is 4.79 Å². The summed E-state index contributed by atoms with van der Waals surface area (Å²) in [6, 6.07) is 7.52. The zero-order valence-corrected chi connectivity index (χ0v) is 12.6. The molecule has 1 aromatic rings. The Kier molecular flexibility index (Phi) is 3.49. The number of hydrogen-bond acceptors (Lipinski definition) is 2. The van der Waals surface area contributed by atoms with Crippen LogP contribution >= 0.6 is 0 Å². The molecule has 0 spiro atoms. The van der Waals surface area contributed by atoms with Gasteiger partial charge in [0.1, 0.15) is 0 Å². The molecule has 0 heterocycles. The van der Waals surface area contributed by atoms with E-state index in [1.54, 1.807) is 6.92 Å². The molecule has 1 N–H and O–H groups in total. The van der Waals surface area contributed by atoms with Crippen LogP contribution in [0, 0.1) is 23.7 Å². The summed E-state index contributed by atoms with van der Waals surface area (Å²) < 4.78 is 0. The van der Waals surface area contributed by atoms with Gasteiger partial charge >= 0.3 is 5.97 Å². The molecule has 0 amide bonds. The van der Waals surface area contributed by atoms with E-state index in [1.807, 2.05) is 45.0 Å². The maximum atomic E-state index is 12.7. The van der Waals surface area contributed by atoms with Gasteiger partial charge in [-0.2, -0.15) is 0 Å². The Labute approximate surface area is 120 Å². The van der Waals surface area contributed by atoms with E-state index in [4.69, 9.17) is 0 Å². The smallest absolute Gasteiger partial charge is 0.309 e. The van der Waals surface area contributed by atoms with E-state index in [1.165, 1.54) is 0 Å². The minimum atomic E-state index is -0.835. The highest BCUT2D eigenvalue weighted by Crippen LogP contribution is 2.56. The van der Waals surface area contributed by atoms with Crippen LogP contribution in [-0.4, -0.2) is 16.9 Å². The molecule has 0 aliphatic heterocycles. The molecule has 108 valence electrons. The lowest BCUT2D eigenvalue weighted by molar-refractivity contribution is -0.153. The van der Waals surface area contributed by atoms with Crippen LogP contribution in [0.25, 0.3) is 0 Å². The number of carbonyl (C=O) groups is 2. The quantitative estimate of drug-likeness (QED) is 0.855. The van der Waals surface area contributed by atoms with Crippen molar-refractivity contribution in [2.45, 2.75) is 40.5 Å². The Morgan fingerprint density at radius 2 is 1.70 bits per heavy atom. The molecule has 1 aromatic carbocycles. The van der Waals surface area contributed by atoms with Gasteiger partial charge in [-0.15, -0.1) is 0 Å². The molecule has 3 heteroatoms. The van der Waals surface area contributed by atoms with Crippen molar-refractivity contribution in [1.29, 1.82) is 0 Å². The Hall–Kier alpha value is -1.64. The van der Waals surface area contributed by atoms with Gasteiger partial charge in [-0.25, -0.2) is 0 Å². The number of Topliss-reactive ketones (excluding diaryl/α,β-unsaturated/α-hetero) is 1. The summed E-state index contributed by atoms with van der Waals surface area (Å²) in [5, 5.41) is 9.50. The summed E-state index contributed by atoms with van der Waals surface area (Å²) in [6.45, 7) is 7.56. The van der Waals surface area contributed by atoms with Crippen molar-refractivity contribution in [2.24, 2.45) is 16.7 Å². The van der Waals surface area contributed by atoms with Gasteiger partial charge in [0.25, 0.3) is 0 Å². The maximum absolute atomic E-state index is 12.7. The topological polar surface area (TPSA) is 54.4 Å². The van der Waals surface area contributed by atoms with Gasteiger partial charge in [-0.05, 0) is 32.1 Å². The highest BCUT2D eigenvalue weighted by molar-refractivity contribution is 5.99. The lowest BCUT2D eigenvalue weighted by Crippen LogP contribution is -2.42. The summed E-state index contributed by atoms with van der Waals surface area (Å²) in [4.78, 5) is 24.3. The molecule has 2 rings (SSSR count). The number of carbonyl (C=O) groups excluding carboxylic acids is 1. The molecule has 0 bridgehead atoms.